The first-order chi connectivity index (χ1) is 15.8. The van der Waals surface area contributed by atoms with Crippen molar-refractivity contribution in [2.75, 3.05) is 32.7 Å². The Labute approximate surface area is 197 Å². The third-order valence-electron chi connectivity index (χ3n) is 5.28. The Balaban J connectivity index is 1.81. The summed E-state index contributed by atoms with van der Waals surface area (Å²) in [7, 11) is 3.31. The normalized spacial score (nSPS) is 15.8. The number of nitrogens with one attached hydrogen (secondary N) is 2. The van der Waals surface area contributed by atoms with Crippen LogP contribution < -0.4 is 10.6 Å². The predicted molar refractivity (Wildman–Crippen MR) is 127 cm³/mol. The number of benzene rings is 2. The van der Waals surface area contributed by atoms with Crippen molar-refractivity contribution in [3.63, 3.8) is 0 Å². The van der Waals surface area contributed by atoms with Crippen LogP contribution in [0.4, 0.5) is 10.1 Å². The second-order valence-electron chi connectivity index (χ2n) is 7.55. The second-order valence-corrected chi connectivity index (χ2v) is 7.93. The number of esters is 1. The highest BCUT2D eigenvalue weighted by atomic mass is 32.1. The molecule has 1 aliphatic heterocycles. The van der Waals surface area contributed by atoms with Crippen LogP contribution in [0.2, 0.25) is 0 Å². The van der Waals surface area contributed by atoms with Crippen LogP contribution in [0.5, 0.6) is 0 Å². The molecule has 0 saturated carbocycles. The Kier molecular flexibility index (Phi) is 8.13. The first kappa shape index (κ1) is 24.3. The first-order valence-corrected chi connectivity index (χ1v) is 10.8. The van der Waals surface area contributed by atoms with Crippen molar-refractivity contribution >= 4 is 34.9 Å². The molecule has 9 heteroatoms. The van der Waals surface area contributed by atoms with Crippen LogP contribution in [0.15, 0.2) is 59.8 Å². The molecule has 1 amide bonds. The van der Waals surface area contributed by atoms with Gasteiger partial charge in [-0.25, -0.2) is 9.18 Å². The van der Waals surface area contributed by atoms with Gasteiger partial charge in [-0.1, -0.05) is 24.3 Å². The topological polar surface area (TPSA) is 79.9 Å². The minimum Gasteiger partial charge on any atom is -0.460 e. The number of hydrogen-bond acceptors (Lipinski definition) is 5. The Bertz CT molecular complexity index is 1070. The van der Waals surface area contributed by atoms with Crippen LogP contribution in [-0.4, -0.2) is 49.3 Å². The minimum atomic E-state index is -0.544. The fourth-order valence-corrected chi connectivity index (χ4v) is 3.69. The predicted octanol–water partition coefficient (Wildman–Crippen LogP) is 3.33. The number of anilines is 1. The van der Waals surface area contributed by atoms with E-state index in [0.29, 0.717) is 34.2 Å². The molecule has 0 radical (unpaired) electrons. The quantitative estimate of drug-likeness (QED) is 0.347. The Hall–Kier alpha value is -3.30. The van der Waals surface area contributed by atoms with Crippen LogP contribution in [0.3, 0.4) is 0 Å². The van der Waals surface area contributed by atoms with E-state index in [0.717, 1.165) is 5.56 Å². The first-order valence-electron chi connectivity index (χ1n) is 10.4. The molecule has 1 atom stereocenters. The number of amides is 1. The van der Waals surface area contributed by atoms with Crippen LogP contribution in [-0.2, 0) is 25.5 Å². The molecule has 7 nitrogen and oxygen atoms in total. The van der Waals surface area contributed by atoms with Gasteiger partial charge in [0.05, 0.1) is 24.6 Å². The molecule has 2 aromatic rings. The Morgan fingerprint density at radius 2 is 1.91 bits per heavy atom. The number of rotatable bonds is 8. The average molecular weight is 472 g/mol. The van der Waals surface area contributed by atoms with Crippen LogP contribution in [0.1, 0.15) is 24.1 Å². The molecule has 2 N–H and O–H groups in total. The number of nitrogens with zero attached hydrogens (tertiary/aromatic N) is 1. The number of methoxy groups -OCH3 is 1. The maximum atomic E-state index is 13.1. The summed E-state index contributed by atoms with van der Waals surface area (Å²) in [6.07, 6.45) is 0.108. The molecule has 0 fully saturated rings. The van der Waals surface area contributed by atoms with Gasteiger partial charge in [-0.05, 0) is 54.5 Å². The number of hydrogen-bond donors (Lipinski definition) is 2. The summed E-state index contributed by atoms with van der Waals surface area (Å²) in [6.45, 7) is 2.23. The molecule has 33 heavy (non-hydrogen) atoms. The molecular formula is C24H26FN3O4S. The second kappa shape index (κ2) is 11.0. The molecule has 1 unspecified atom stereocenters. The number of halogens is 1. The zero-order chi connectivity index (χ0) is 24.0. The average Bonchev–Trinajstić information content (AvgIpc) is 2.79. The van der Waals surface area contributed by atoms with Crippen LogP contribution in [0, 0.1) is 5.82 Å². The monoisotopic (exact) mass is 471 g/mol. The van der Waals surface area contributed by atoms with Gasteiger partial charge in [0.1, 0.15) is 12.4 Å². The summed E-state index contributed by atoms with van der Waals surface area (Å²) >= 11 is 5.43. The third-order valence-corrected chi connectivity index (χ3v) is 5.67. The maximum absolute atomic E-state index is 13.1. The standard InChI is InChI=1S/C24H26FN3O4S/c1-15-21(23(30)32-12-11-31-3)22(27-24(33)28(15)2)17-5-4-6-19(14-17)26-20(29)13-16-7-9-18(25)10-8-16/h4-10,14,22H,11-13H2,1-3H3,(H,26,29)(H,27,33). The molecule has 174 valence electrons. The summed E-state index contributed by atoms with van der Waals surface area (Å²) in [5.41, 5.74) is 3.11. The van der Waals surface area contributed by atoms with E-state index in [1.807, 2.05) is 6.07 Å². The Morgan fingerprint density at radius 1 is 1.18 bits per heavy atom. The molecule has 0 spiro atoms. The Morgan fingerprint density at radius 3 is 2.61 bits per heavy atom. The molecule has 1 heterocycles. The van der Waals surface area contributed by atoms with Crippen molar-refractivity contribution in [1.29, 1.82) is 0 Å². The summed E-state index contributed by atoms with van der Waals surface area (Å²) < 4.78 is 23.4. The van der Waals surface area contributed by atoms with Gasteiger partial charge < -0.3 is 25.0 Å². The van der Waals surface area contributed by atoms with Gasteiger partial charge in [-0.2, -0.15) is 0 Å². The summed E-state index contributed by atoms with van der Waals surface area (Å²) in [4.78, 5) is 27.1. The lowest BCUT2D eigenvalue weighted by molar-refractivity contribution is -0.140. The van der Waals surface area contributed by atoms with Crippen molar-refractivity contribution < 1.29 is 23.5 Å². The zero-order valence-electron chi connectivity index (χ0n) is 18.7. The highest BCUT2D eigenvalue weighted by Crippen LogP contribution is 2.32. The van der Waals surface area contributed by atoms with E-state index in [2.05, 4.69) is 10.6 Å². The summed E-state index contributed by atoms with van der Waals surface area (Å²) in [6, 6.07) is 12.4. The van der Waals surface area contributed by atoms with E-state index in [4.69, 9.17) is 21.7 Å². The van der Waals surface area contributed by atoms with Gasteiger partial charge in [0.25, 0.3) is 0 Å². The fraction of sp³-hybridized carbons (Fsp3) is 0.292. The number of carbonyl (C=O) groups is 2. The lowest BCUT2D eigenvalue weighted by Gasteiger charge is -2.35. The summed E-state index contributed by atoms with van der Waals surface area (Å²) in [5, 5.41) is 6.50. The van der Waals surface area contributed by atoms with Crippen molar-refractivity contribution in [3.8, 4) is 0 Å². The van der Waals surface area contributed by atoms with E-state index in [1.54, 1.807) is 49.2 Å². The zero-order valence-corrected chi connectivity index (χ0v) is 19.5. The third kappa shape index (κ3) is 6.15. The minimum absolute atomic E-state index is 0.108. The van der Waals surface area contributed by atoms with Gasteiger partial charge in [0.15, 0.2) is 5.11 Å². The molecule has 2 aromatic carbocycles. The van der Waals surface area contributed by atoms with E-state index >= 15 is 0 Å². The number of carbonyl (C=O) groups excluding carboxylic acids is 2. The smallest absolute Gasteiger partial charge is 0.338 e. The molecule has 1 aliphatic rings. The SMILES string of the molecule is COCCOC(=O)C1=C(C)N(C)C(=S)NC1c1cccc(NC(=O)Cc2ccc(F)cc2)c1. The van der Waals surface area contributed by atoms with Crippen LogP contribution >= 0.6 is 12.2 Å². The number of allylic oxidation sites excluding steroid dienone is 1. The van der Waals surface area contributed by atoms with Gasteiger partial charge in [0, 0.05) is 25.5 Å². The van der Waals surface area contributed by atoms with Gasteiger partial charge in [-0.15, -0.1) is 0 Å². The fourth-order valence-electron chi connectivity index (χ4n) is 3.43. The van der Waals surface area contributed by atoms with Gasteiger partial charge in [0.2, 0.25) is 5.91 Å². The number of ether oxygens (including phenoxy) is 2. The van der Waals surface area contributed by atoms with Gasteiger partial charge >= 0.3 is 5.97 Å². The molecule has 3 rings (SSSR count). The highest BCUT2D eigenvalue weighted by Gasteiger charge is 2.33. The van der Waals surface area contributed by atoms with E-state index < -0.39 is 12.0 Å². The van der Waals surface area contributed by atoms with Crippen molar-refractivity contribution in [1.82, 2.24) is 10.2 Å². The van der Waals surface area contributed by atoms with E-state index in [1.165, 1.54) is 19.2 Å². The lowest BCUT2D eigenvalue weighted by atomic mass is 9.95. The molecule has 0 saturated heterocycles. The van der Waals surface area contributed by atoms with Crippen molar-refractivity contribution in [2.24, 2.45) is 0 Å². The largest absolute Gasteiger partial charge is 0.460 e. The van der Waals surface area contributed by atoms with E-state index in [-0.39, 0.29) is 24.8 Å². The molecule has 0 aromatic heterocycles. The summed E-state index contributed by atoms with van der Waals surface area (Å²) in [5.74, 6) is -1.06. The van der Waals surface area contributed by atoms with E-state index in [9.17, 15) is 14.0 Å². The molecular weight excluding hydrogens is 445 g/mol. The highest BCUT2D eigenvalue weighted by molar-refractivity contribution is 7.80. The van der Waals surface area contributed by atoms with Crippen LogP contribution in [0.25, 0.3) is 0 Å². The maximum Gasteiger partial charge on any atom is 0.338 e. The lowest BCUT2D eigenvalue weighted by Crippen LogP contribution is -2.46. The van der Waals surface area contributed by atoms with Crippen molar-refractivity contribution in [2.45, 2.75) is 19.4 Å². The molecule has 0 bridgehead atoms. The van der Waals surface area contributed by atoms with Gasteiger partial charge in [-0.3, -0.25) is 4.79 Å². The number of thiocarbonyl (C=S) groups is 1. The van der Waals surface area contributed by atoms with Crippen molar-refractivity contribution in [3.05, 3.63) is 76.7 Å². The molecule has 0 aliphatic carbocycles.